The molecular weight excluding hydrogens is 296 g/mol. The summed E-state index contributed by atoms with van der Waals surface area (Å²) in [6, 6.07) is 8.75. The Morgan fingerprint density at radius 3 is 2.78 bits per heavy atom. The Bertz CT molecular complexity index is 761. The molecule has 0 spiro atoms. The lowest BCUT2D eigenvalue weighted by Crippen LogP contribution is -2.02. The van der Waals surface area contributed by atoms with Crippen molar-refractivity contribution in [2.75, 3.05) is 7.11 Å². The van der Waals surface area contributed by atoms with E-state index in [1.807, 2.05) is 18.2 Å². The Morgan fingerprint density at radius 2 is 2.00 bits per heavy atom. The maximum Gasteiger partial charge on any atom is 0.182 e. The van der Waals surface area contributed by atoms with Crippen LogP contribution in [0.5, 0.6) is 5.75 Å². The van der Waals surface area contributed by atoms with Crippen molar-refractivity contribution in [3.8, 4) is 16.9 Å². The maximum absolute atomic E-state index is 11.7. The van der Waals surface area contributed by atoms with Crippen molar-refractivity contribution < 1.29 is 9.15 Å². The highest BCUT2D eigenvalue weighted by molar-refractivity contribution is 9.10. The number of benzene rings is 2. The molecule has 0 unspecified atom stereocenters. The molecule has 0 atom stereocenters. The average Bonchev–Trinajstić information content (AvgIpc) is 2.37. The molecule has 1 aromatic rings. The molecule has 0 radical (unpaired) electrons. The Hall–Kier alpha value is -1.81. The molecule has 0 saturated carbocycles. The molecule has 0 bridgehead atoms. The summed E-state index contributed by atoms with van der Waals surface area (Å²) < 4.78 is 11.7. The second-order valence-corrected chi connectivity index (χ2v) is 4.88. The third kappa shape index (κ3) is 1.69. The van der Waals surface area contributed by atoms with Gasteiger partial charge in [0, 0.05) is 21.5 Å². The molecule has 1 aromatic carbocycles. The molecule has 0 aromatic heterocycles. The summed E-state index contributed by atoms with van der Waals surface area (Å²) in [5.74, 6) is 0.531. The van der Waals surface area contributed by atoms with Crippen LogP contribution in [0, 0.1) is 0 Å². The van der Waals surface area contributed by atoms with Crippen molar-refractivity contribution in [3.63, 3.8) is 0 Å². The fourth-order valence-corrected chi connectivity index (χ4v) is 2.41. The number of fused-ring (bicyclic) bond motifs is 3. The third-order valence-corrected chi connectivity index (χ3v) is 3.36. The lowest BCUT2D eigenvalue weighted by atomic mass is 10.0. The molecule has 18 heavy (non-hydrogen) atoms. The highest BCUT2D eigenvalue weighted by atomic mass is 79.9. The molecule has 3 rings (SSSR count). The minimum absolute atomic E-state index is 0.0770. The standard InChI is InChI=1S/C14H9BrO3/c1-17-14-6-9(16)5-10-11-4-8(15)2-3-13(11)18-7-12(10)14/h2-7H,1H3. The van der Waals surface area contributed by atoms with Gasteiger partial charge >= 0.3 is 0 Å². The summed E-state index contributed by atoms with van der Waals surface area (Å²) in [5, 5.41) is 0.887. The van der Waals surface area contributed by atoms with Crippen LogP contribution < -0.4 is 10.2 Å². The first-order valence-corrected chi connectivity index (χ1v) is 6.17. The van der Waals surface area contributed by atoms with Gasteiger partial charge in [0.2, 0.25) is 0 Å². The first kappa shape index (κ1) is 11.3. The fourth-order valence-electron chi connectivity index (χ4n) is 2.05. The van der Waals surface area contributed by atoms with Crippen LogP contribution in [0.4, 0.5) is 0 Å². The molecule has 0 N–H and O–H groups in total. The molecule has 0 amide bonds. The van der Waals surface area contributed by atoms with Crippen LogP contribution in [0.25, 0.3) is 22.1 Å². The van der Waals surface area contributed by atoms with E-state index in [0.717, 1.165) is 26.6 Å². The summed E-state index contributed by atoms with van der Waals surface area (Å²) in [5.41, 5.74) is 2.29. The van der Waals surface area contributed by atoms with E-state index in [2.05, 4.69) is 15.9 Å². The number of methoxy groups -OCH3 is 1. The van der Waals surface area contributed by atoms with E-state index < -0.39 is 0 Å². The summed E-state index contributed by atoms with van der Waals surface area (Å²) in [7, 11) is 1.54. The van der Waals surface area contributed by atoms with E-state index >= 15 is 0 Å². The predicted octanol–water partition coefficient (Wildman–Crippen LogP) is 3.67. The summed E-state index contributed by atoms with van der Waals surface area (Å²) in [6.07, 6.45) is 1.61. The molecule has 0 fully saturated rings. The van der Waals surface area contributed by atoms with Gasteiger partial charge in [0.05, 0.1) is 12.7 Å². The van der Waals surface area contributed by atoms with Crippen LogP contribution in [0.15, 0.2) is 50.3 Å². The van der Waals surface area contributed by atoms with Crippen LogP contribution >= 0.6 is 15.9 Å². The second kappa shape index (κ2) is 4.14. The average molecular weight is 305 g/mol. The van der Waals surface area contributed by atoms with E-state index in [9.17, 15) is 4.79 Å². The van der Waals surface area contributed by atoms with Gasteiger partial charge in [-0.15, -0.1) is 0 Å². The van der Waals surface area contributed by atoms with E-state index in [4.69, 9.17) is 9.15 Å². The molecule has 0 saturated heterocycles. The van der Waals surface area contributed by atoms with Crippen LogP contribution in [0.3, 0.4) is 0 Å². The Kier molecular flexibility index (Phi) is 2.59. The Morgan fingerprint density at radius 1 is 1.17 bits per heavy atom. The number of rotatable bonds is 1. The van der Waals surface area contributed by atoms with Gasteiger partial charge in [-0.3, -0.25) is 4.79 Å². The van der Waals surface area contributed by atoms with Gasteiger partial charge in [0.15, 0.2) is 5.43 Å². The molecule has 1 aliphatic carbocycles. The first-order valence-electron chi connectivity index (χ1n) is 5.38. The zero-order valence-corrected chi connectivity index (χ0v) is 11.2. The lowest BCUT2D eigenvalue weighted by molar-refractivity contribution is 0.414. The van der Waals surface area contributed by atoms with Crippen molar-refractivity contribution in [3.05, 3.63) is 51.3 Å². The smallest absolute Gasteiger partial charge is 0.182 e. The molecule has 2 aliphatic rings. The van der Waals surface area contributed by atoms with Gasteiger partial charge in [-0.25, -0.2) is 0 Å². The summed E-state index contributed by atoms with van der Waals surface area (Å²) >= 11 is 3.42. The van der Waals surface area contributed by atoms with Crippen molar-refractivity contribution in [1.82, 2.24) is 0 Å². The van der Waals surface area contributed by atoms with E-state index in [1.54, 1.807) is 19.4 Å². The molecule has 1 aliphatic heterocycles. The van der Waals surface area contributed by atoms with Gasteiger partial charge in [0.1, 0.15) is 17.6 Å². The van der Waals surface area contributed by atoms with Crippen LogP contribution in [-0.2, 0) is 0 Å². The van der Waals surface area contributed by atoms with Crippen LogP contribution in [0.2, 0.25) is 0 Å². The van der Waals surface area contributed by atoms with Crippen LogP contribution in [0.1, 0.15) is 0 Å². The molecule has 90 valence electrons. The molecular formula is C14H9BrO3. The van der Waals surface area contributed by atoms with E-state index in [0.29, 0.717) is 5.75 Å². The minimum Gasteiger partial charge on any atom is -0.496 e. The van der Waals surface area contributed by atoms with Crippen molar-refractivity contribution >= 4 is 26.9 Å². The van der Waals surface area contributed by atoms with Gasteiger partial charge in [-0.2, -0.15) is 0 Å². The quantitative estimate of drug-likeness (QED) is 0.644. The number of hydrogen-bond acceptors (Lipinski definition) is 3. The largest absolute Gasteiger partial charge is 0.496 e. The molecule has 4 heteroatoms. The fraction of sp³-hybridized carbons (Fsp3) is 0.0714. The Labute approximate surface area is 111 Å². The van der Waals surface area contributed by atoms with Crippen molar-refractivity contribution in [1.29, 1.82) is 0 Å². The van der Waals surface area contributed by atoms with Gasteiger partial charge in [-0.1, -0.05) is 15.9 Å². The maximum atomic E-state index is 11.7. The van der Waals surface area contributed by atoms with E-state index in [-0.39, 0.29) is 5.43 Å². The van der Waals surface area contributed by atoms with E-state index in [1.165, 1.54) is 6.07 Å². The zero-order chi connectivity index (χ0) is 12.7. The number of hydrogen-bond donors (Lipinski definition) is 0. The normalized spacial score (nSPS) is 11.0. The number of ether oxygens (including phenoxy) is 1. The molecule has 1 heterocycles. The lowest BCUT2D eigenvalue weighted by Gasteiger charge is -2.12. The van der Waals surface area contributed by atoms with Gasteiger partial charge in [0.25, 0.3) is 0 Å². The number of halogens is 1. The summed E-state index contributed by atoms with van der Waals surface area (Å²) in [4.78, 5) is 11.7. The Balaban J connectivity index is 2.51. The first-order chi connectivity index (χ1) is 8.69. The highest BCUT2D eigenvalue weighted by Crippen LogP contribution is 2.36. The minimum atomic E-state index is -0.0770. The van der Waals surface area contributed by atoms with Gasteiger partial charge < -0.3 is 9.15 Å². The third-order valence-electron chi connectivity index (χ3n) is 2.87. The molecule has 3 nitrogen and oxygen atoms in total. The summed E-state index contributed by atoms with van der Waals surface area (Å²) in [6.45, 7) is 0. The van der Waals surface area contributed by atoms with Crippen molar-refractivity contribution in [2.24, 2.45) is 0 Å². The second-order valence-electron chi connectivity index (χ2n) is 3.96. The topological polar surface area (TPSA) is 39.4 Å². The van der Waals surface area contributed by atoms with Crippen molar-refractivity contribution in [2.45, 2.75) is 0 Å². The highest BCUT2D eigenvalue weighted by Gasteiger charge is 2.14. The predicted molar refractivity (Wildman–Crippen MR) is 73.4 cm³/mol. The SMILES string of the molecule is COc1cc(=O)cc2c3cc(Br)ccc3occ1-2. The van der Waals surface area contributed by atoms with Gasteiger partial charge in [-0.05, 0) is 24.3 Å². The zero-order valence-electron chi connectivity index (χ0n) is 9.57. The monoisotopic (exact) mass is 304 g/mol. The van der Waals surface area contributed by atoms with Crippen LogP contribution in [-0.4, -0.2) is 7.11 Å².